The van der Waals surface area contributed by atoms with Crippen molar-refractivity contribution in [3.05, 3.63) is 45.7 Å². The van der Waals surface area contributed by atoms with Gasteiger partial charge in [-0.05, 0) is 32.9 Å². The highest BCUT2D eigenvalue weighted by Crippen LogP contribution is 2.24. The number of hydrogen-bond donors (Lipinski definition) is 2. The zero-order valence-corrected chi connectivity index (χ0v) is 15.7. The first kappa shape index (κ1) is 18.9. The SMILES string of the molecule is CCOC(=O)c1sc(C(C)NC(=NC)NCc2ccccn2)nc1C. The van der Waals surface area contributed by atoms with E-state index in [1.165, 1.54) is 11.3 Å². The number of thiazole rings is 1. The number of carbonyl (C=O) groups excluding carboxylic acids is 1. The minimum atomic E-state index is -0.325. The number of pyridine rings is 1. The minimum absolute atomic E-state index is 0.0955. The number of aryl methyl sites for hydroxylation is 1. The number of ether oxygens (including phenoxy) is 1. The highest BCUT2D eigenvalue weighted by atomic mass is 32.1. The highest BCUT2D eigenvalue weighted by molar-refractivity contribution is 7.13. The Morgan fingerprint density at radius 3 is 2.88 bits per heavy atom. The molecule has 2 rings (SSSR count). The molecule has 2 aromatic rings. The minimum Gasteiger partial charge on any atom is -0.462 e. The van der Waals surface area contributed by atoms with Crippen LogP contribution in [0.25, 0.3) is 0 Å². The van der Waals surface area contributed by atoms with Gasteiger partial charge in [-0.15, -0.1) is 11.3 Å². The van der Waals surface area contributed by atoms with Crippen molar-refractivity contribution in [3.8, 4) is 0 Å². The lowest BCUT2D eigenvalue weighted by molar-refractivity contribution is 0.0531. The van der Waals surface area contributed by atoms with E-state index in [2.05, 4.69) is 25.6 Å². The summed E-state index contributed by atoms with van der Waals surface area (Å²) in [5.41, 5.74) is 1.61. The molecule has 1 unspecified atom stereocenters. The predicted molar refractivity (Wildman–Crippen MR) is 98.8 cm³/mol. The smallest absolute Gasteiger partial charge is 0.350 e. The number of esters is 1. The molecular formula is C17H23N5O2S. The number of carbonyl (C=O) groups is 1. The number of rotatable bonds is 6. The lowest BCUT2D eigenvalue weighted by atomic mass is 10.3. The molecule has 2 N–H and O–H groups in total. The lowest BCUT2D eigenvalue weighted by Gasteiger charge is -2.16. The van der Waals surface area contributed by atoms with Crippen LogP contribution in [0.2, 0.25) is 0 Å². The molecule has 0 aliphatic heterocycles. The Morgan fingerprint density at radius 1 is 1.44 bits per heavy atom. The molecule has 2 heterocycles. The number of nitrogens with one attached hydrogen (secondary N) is 2. The van der Waals surface area contributed by atoms with Crippen LogP contribution in [0.1, 0.15) is 46.0 Å². The summed E-state index contributed by atoms with van der Waals surface area (Å²) in [6.45, 7) is 6.49. The summed E-state index contributed by atoms with van der Waals surface area (Å²) < 4.78 is 5.06. The molecule has 0 spiro atoms. The van der Waals surface area contributed by atoms with Crippen molar-refractivity contribution in [2.75, 3.05) is 13.7 Å². The van der Waals surface area contributed by atoms with E-state index in [4.69, 9.17) is 4.74 Å². The standard InChI is InChI=1S/C17H23N5O2S/c1-5-24-16(23)14-11(2)21-15(25-14)12(3)22-17(18-4)20-10-13-8-6-7-9-19-13/h6-9,12H,5,10H2,1-4H3,(H2,18,20,22). The quantitative estimate of drug-likeness (QED) is 0.467. The molecule has 7 nitrogen and oxygen atoms in total. The summed E-state index contributed by atoms with van der Waals surface area (Å²) in [5.74, 6) is 0.317. The maximum Gasteiger partial charge on any atom is 0.350 e. The summed E-state index contributed by atoms with van der Waals surface area (Å²) in [4.78, 5) is 25.4. The number of aliphatic imine (C=N–C) groups is 1. The fraction of sp³-hybridized carbons (Fsp3) is 0.412. The lowest BCUT2D eigenvalue weighted by Crippen LogP contribution is -2.38. The fourth-order valence-corrected chi connectivity index (χ4v) is 3.09. The van der Waals surface area contributed by atoms with E-state index in [-0.39, 0.29) is 12.0 Å². The maximum atomic E-state index is 11.9. The molecule has 25 heavy (non-hydrogen) atoms. The second-order valence-corrected chi connectivity index (χ2v) is 6.33. The fourth-order valence-electron chi connectivity index (χ4n) is 2.13. The van der Waals surface area contributed by atoms with Gasteiger partial charge in [0.1, 0.15) is 9.88 Å². The van der Waals surface area contributed by atoms with Gasteiger partial charge in [0.05, 0.1) is 30.6 Å². The Bertz CT molecular complexity index is 730. The summed E-state index contributed by atoms with van der Waals surface area (Å²) in [6.07, 6.45) is 1.76. The topological polar surface area (TPSA) is 88.5 Å². The summed E-state index contributed by atoms with van der Waals surface area (Å²) >= 11 is 1.34. The number of nitrogens with zero attached hydrogens (tertiary/aromatic N) is 3. The zero-order chi connectivity index (χ0) is 18.2. The first-order valence-electron chi connectivity index (χ1n) is 8.06. The van der Waals surface area contributed by atoms with Gasteiger partial charge >= 0.3 is 5.97 Å². The maximum absolute atomic E-state index is 11.9. The molecule has 1 atom stereocenters. The Balaban J connectivity index is 1.98. The Hall–Kier alpha value is -2.48. The van der Waals surface area contributed by atoms with E-state index < -0.39 is 0 Å². The molecule has 0 aliphatic rings. The van der Waals surface area contributed by atoms with Crippen LogP contribution in [0.5, 0.6) is 0 Å². The van der Waals surface area contributed by atoms with Gasteiger partial charge in [0, 0.05) is 13.2 Å². The molecule has 0 saturated carbocycles. The molecule has 134 valence electrons. The van der Waals surface area contributed by atoms with Crippen molar-refractivity contribution in [2.24, 2.45) is 4.99 Å². The zero-order valence-electron chi connectivity index (χ0n) is 14.9. The van der Waals surface area contributed by atoms with E-state index in [1.54, 1.807) is 20.2 Å². The van der Waals surface area contributed by atoms with Gasteiger partial charge in [0.15, 0.2) is 5.96 Å². The van der Waals surface area contributed by atoms with Gasteiger partial charge < -0.3 is 15.4 Å². The third-order valence-electron chi connectivity index (χ3n) is 3.38. The first-order chi connectivity index (χ1) is 12.0. The largest absolute Gasteiger partial charge is 0.462 e. The molecule has 0 aliphatic carbocycles. The van der Waals surface area contributed by atoms with Gasteiger partial charge in [0.25, 0.3) is 0 Å². The Labute approximate surface area is 151 Å². The van der Waals surface area contributed by atoms with Crippen LogP contribution in [0.15, 0.2) is 29.4 Å². The van der Waals surface area contributed by atoms with E-state index in [0.717, 1.165) is 10.7 Å². The molecule has 0 aromatic carbocycles. The molecule has 0 bridgehead atoms. The normalized spacial score (nSPS) is 12.6. The van der Waals surface area contributed by atoms with E-state index in [9.17, 15) is 4.79 Å². The van der Waals surface area contributed by atoms with Crippen LogP contribution < -0.4 is 10.6 Å². The van der Waals surface area contributed by atoms with Crippen molar-refractivity contribution in [1.29, 1.82) is 0 Å². The van der Waals surface area contributed by atoms with Crippen molar-refractivity contribution in [3.63, 3.8) is 0 Å². The van der Waals surface area contributed by atoms with E-state index >= 15 is 0 Å². The molecule has 2 aromatic heterocycles. The molecule has 0 radical (unpaired) electrons. The summed E-state index contributed by atoms with van der Waals surface area (Å²) in [5, 5.41) is 7.29. The van der Waals surface area contributed by atoms with Crippen LogP contribution in [-0.2, 0) is 11.3 Å². The molecule has 8 heteroatoms. The van der Waals surface area contributed by atoms with Crippen molar-refractivity contribution in [1.82, 2.24) is 20.6 Å². The monoisotopic (exact) mass is 361 g/mol. The van der Waals surface area contributed by atoms with Gasteiger partial charge in [-0.25, -0.2) is 9.78 Å². The van der Waals surface area contributed by atoms with Gasteiger partial charge in [-0.1, -0.05) is 6.07 Å². The van der Waals surface area contributed by atoms with E-state index in [0.29, 0.717) is 29.7 Å². The second-order valence-electron chi connectivity index (χ2n) is 5.30. The number of hydrogen-bond acceptors (Lipinski definition) is 6. The average Bonchev–Trinajstić information content (AvgIpc) is 3.01. The third kappa shape index (κ3) is 5.25. The second kappa shape index (κ2) is 9.12. The number of aromatic nitrogens is 2. The van der Waals surface area contributed by atoms with Crippen LogP contribution in [0.4, 0.5) is 0 Å². The highest BCUT2D eigenvalue weighted by Gasteiger charge is 2.20. The predicted octanol–water partition coefficient (Wildman–Crippen LogP) is 2.45. The van der Waals surface area contributed by atoms with Crippen LogP contribution in [0, 0.1) is 6.92 Å². The molecule has 0 saturated heterocycles. The summed E-state index contributed by atoms with van der Waals surface area (Å²) in [6, 6.07) is 5.67. The molecule has 0 fully saturated rings. The van der Waals surface area contributed by atoms with E-state index in [1.807, 2.05) is 32.0 Å². The molecular weight excluding hydrogens is 338 g/mol. The van der Waals surface area contributed by atoms with Crippen LogP contribution >= 0.6 is 11.3 Å². The Kier molecular flexibility index (Phi) is 6.88. The average molecular weight is 361 g/mol. The van der Waals surface area contributed by atoms with Crippen molar-refractivity contribution >= 4 is 23.3 Å². The first-order valence-corrected chi connectivity index (χ1v) is 8.88. The molecule has 0 amide bonds. The van der Waals surface area contributed by atoms with Gasteiger partial charge in [-0.3, -0.25) is 9.98 Å². The van der Waals surface area contributed by atoms with Gasteiger partial charge in [0.2, 0.25) is 0 Å². The van der Waals surface area contributed by atoms with Gasteiger partial charge in [-0.2, -0.15) is 0 Å². The third-order valence-corrected chi connectivity index (χ3v) is 4.70. The Morgan fingerprint density at radius 2 is 2.24 bits per heavy atom. The summed E-state index contributed by atoms with van der Waals surface area (Å²) in [7, 11) is 1.71. The number of guanidine groups is 1. The van der Waals surface area contributed by atoms with Crippen molar-refractivity contribution in [2.45, 2.75) is 33.4 Å². The van der Waals surface area contributed by atoms with Crippen molar-refractivity contribution < 1.29 is 9.53 Å². The van der Waals surface area contributed by atoms with Crippen LogP contribution in [-0.4, -0.2) is 35.6 Å². The van der Waals surface area contributed by atoms with Crippen LogP contribution in [0.3, 0.4) is 0 Å².